The van der Waals surface area contributed by atoms with E-state index in [1.807, 2.05) is 38.3 Å². The van der Waals surface area contributed by atoms with E-state index in [-0.39, 0.29) is 36.1 Å². The number of fused-ring (bicyclic) bond motifs is 1. The first-order chi connectivity index (χ1) is 17.2. The van der Waals surface area contributed by atoms with Crippen molar-refractivity contribution in [2.45, 2.75) is 94.5 Å². The van der Waals surface area contributed by atoms with Gasteiger partial charge in [-0.1, -0.05) is 25.8 Å². The van der Waals surface area contributed by atoms with Crippen molar-refractivity contribution in [3.63, 3.8) is 0 Å². The molecule has 5 atom stereocenters. The Morgan fingerprint density at radius 2 is 2.03 bits per heavy atom. The van der Waals surface area contributed by atoms with Gasteiger partial charge >= 0.3 is 5.97 Å². The SMILES string of the molecule is CCCCCC(=O)OCn1nnnc1C1N2C(=O)C(N3C(=O)C(c4cccs4)NC3C)[C@H]2SC1(C)C. The highest BCUT2D eigenvalue weighted by Gasteiger charge is 2.66. The van der Waals surface area contributed by atoms with Crippen molar-refractivity contribution in [3.05, 3.63) is 28.2 Å². The minimum Gasteiger partial charge on any atom is -0.442 e. The highest BCUT2D eigenvalue weighted by molar-refractivity contribution is 8.01. The van der Waals surface area contributed by atoms with Gasteiger partial charge in [0.1, 0.15) is 23.5 Å². The third-order valence-corrected chi connectivity index (χ3v) is 9.50. The van der Waals surface area contributed by atoms with Crippen LogP contribution in [0.25, 0.3) is 0 Å². The number of unbranched alkanes of at least 4 members (excludes halogenated alkanes) is 2. The number of thiophene rings is 1. The zero-order chi connectivity index (χ0) is 25.6. The Kier molecular flexibility index (Phi) is 6.81. The Labute approximate surface area is 217 Å². The van der Waals surface area contributed by atoms with E-state index in [1.54, 1.807) is 21.6 Å². The van der Waals surface area contributed by atoms with Crippen LogP contribution in [0.1, 0.15) is 76.2 Å². The first-order valence-corrected chi connectivity index (χ1v) is 14.0. The summed E-state index contributed by atoms with van der Waals surface area (Å²) in [6.07, 6.45) is 2.87. The second kappa shape index (κ2) is 9.75. The van der Waals surface area contributed by atoms with Crippen molar-refractivity contribution in [1.29, 1.82) is 0 Å². The number of rotatable bonds is 9. The van der Waals surface area contributed by atoms with Gasteiger partial charge in [0.2, 0.25) is 11.8 Å². The van der Waals surface area contributed by atoms with E-state index >= 15 is 0 Å². The molecule has 1 N–H and O–H groups in total. The first kappa shape index (κ1) is 25.2. The van der Waals surface area contributed by atoms with Crippen LogP contribution in [0.15, 0.2) is 17.5 Å². The summed E-state index contributed by atoms with van der Waals surface area (Å²) in [5.41, 5.74) is 0. The van der Waals surface area contributed by atoms with Crippen LogP contribution in [0.3, 0.4) is 0 Å². The molecule has 0 spiro atoms. The molecule has 0 bridgehead atoms. The molecule has 0 aromatic carbocycles. The fraction of sp³-hybridized carbons (Fsp3) is 0.652. The third-order valence-electron chi connectivity index (χ3n) is 7.00. The Morgan fingerprint density at radius 1 is 1.22 bits per heavy atom. The van der Waals surface area contributed by atoms with Gasteiger partial charge in [0.25, 0.3) is 0 Å². The maximum Gasteiger partial charge on any atom is 0.307 e. The van der Waals surface area contributed by atoms with Crippen LogP contribution in [0.4, 0.5) is 0 Å². The molecule has 3 aliphatic heterocycles. The molecule has 0 aliphatic carbocycles. The molecular weight excluding hydrogens is 502 g/mol. The smallest absolute Gasteiger partial charge is 0.307 e. The summed E-state index contributed by atoms with van der Waals surface area (Å²) in [5.74, 6) is -0.0246. The number of aromatic nitrogens is 4. The average Bonchev–Trinajstić information content (AvgIpc) is 3.61. The van der Waals surface area contributed by atoms with Crippen LogP contribution in [-0.4, -0.2) is 70.1 Å². The summed E-state index contributed by atoms with van der Waals surface area (Å²) < 4.78 is 6.43. The number of carbonyl (C=O) groups excluding carboxylic acids is 3. The number of hydrogen-bond donors (Lipinski definition) is 1. The number of nitrogens with zero attached hydrogens (tertiary/aromatic N) is 6. The monoisotopic (exact) mass is 533 g/mol. The largest absolute Gasteiger partial charge is 0.442 e. The van der Waals surface area contributed by atoms with Gasteiger partial charge in [-0.25, -0.2) is 0 Å². The van der Waals surface area contributed by atoms with Gasteiger partial charge in [0.05, 0.1) is 6.17 Å². The molecular formula is C23H31N7O4S2. The Morgan fingerprint density at radius 3 is 2.75 bits per heavy atom. The number of ether oxygens (including phenoxy) is 1. The molecule has 4 unspecified atom stereocenters. The van der Waals surface area contributed by atoms with E-state index in [1.165, 1.54) is 16.0 Å². The lowest BCUT2D eigenvalue weighted by atomic mass is 9.94. The average molecular weight is 534 g/mol. The van der Waals surface area contributed by atoms with Gasteiger partial charge < -0.3 is 14.5 Å². The molecule has 194 valence electrons. The van der Waals surface area contributed by atoms with Crippen molar-refractivity contribution in [3.8, 4) is 0 Å². The molecule has 13 heteroatoms. The van der Waals surface area contributed by atoms with Crippen molar-refractivity contribution in [2.24, 2.45) is 0 Å². The van der Waals surface area contributed by atoms with E-state index in [4.69, 9.17) is 4.74 Å². The number of hydrogen-bond acceptors (Lipinski definition) is 10. The minimum absolute atomic E-state index is 0.0791. The van der Waals surface area contributed by atoms with Crippen LogP contribution in [0.5, 0.6) is 0 Å². The predicted octanol–water partition coefficient (Wildman–Crippen LogP) is 2.44. The predicted molar refractivity (Wildman–Crippen MR) is 133 cm³/mol. The number of carbonyl (C=O) groups is 3. The fourth-order valence-corrected chi connectivity index (χ4v) is 7.72. The van der Waals surface area contributed by atoms with E-state index in [9.17, 15) is 14.4 Å². The number of nitrogens with one attached hydrogen (secondary N) is 1. The number of tetrazole rings is 1. The van der Waals surface area contributed by atoms with Gasteiger partial charge in [0.15, 0.2) is 12.6 Å². The number of amides is 2. The second-order valence-electron chi connectivity index (χ2n) is 9.88. The maximum atomic E-state index is 13.6. The number of thioether (sulfide) groups is 1. The van der Waals surface area contributed by atoms with Crippen LogP contribution in [0.2, 0.25) is 0 Å². The molecule has 36 heavy (non-hydrogen) atoms. The normalized spacial score (nSPS) is 28.9. The zero-order valence-electron chi connectivity index (χ0n) is 20.8. The maximum absolute atomic E-state index is 13.6. The molecule has 11 nitrogen and oxygen atoms in total. The van der Waals surface area contributed by atoms with Gasteiger partial charge in [-0.3, -0.25) is 19.7 Å². The van der Waals surface area contributed by atoms with Gasteiger partial charge in [-0.15, -0.1) is 28.2 Å². The summed E-state index contributed by atoms with van der Waals surface area (Å²) in [7, 11) is 0. The van der Waals surface area contributed by atoms with Gasteiger partial charge in [-0.05, 0) is 49.1 Å². The third kappa shape index (κ3) is 4.20. The molecule has 2 amide bonds. The zero-order valence-corrected chi connectivity index (χ0v) is 22.4. The summed E-state index contributed by atoms with van der Waals surface area (Å²) in [6, 6.07) is 2.45. The fourth-order valence-electron chi connectivity index (χ4n) is 5.26. The lowest BCUT2D eigenvalue weighted by Gasteiger charge is -2.48. The molecule has 5 heterocycles. The summed E-state index contributed by atoms with van der Waals surface area (Å²) in [5, 5.41) is 17.1. The number of esters is 1. The lowest BCUT2D eigenvalue weighted by molar-refractivity contribution is -0.163. The van der Waals surface area contributed by atoms with Crippen LogP contribution in [-0.2, 0) is 25.9 Å². The molecule has 5 rings (SSSR count). The van der Waals surface area contributed by atoms with E-state index in [2.05, 4.69) is 27.8 Å². The Hall–Kier alpha value is -2.51. The molecule has 0 radical (unpaired) electrons. The van der Waals surface area contributed by atoms with Crippen molar-refractivity contribution < 1.29 is 19.1 Å². The highest BCUT2D eigenvalue weighted by Crippen LogP contribution is 2.58. The molecule has 0 saturated carbocycles. The molecule has 2 aromatic rings. The van der Waals surface area contributed by atoms with Gasteiger partial charge in [0, 0.05) is 16.0 Å². The minimum atomic E-state index is -0.556. The van der Waals surface area contributed by atoms with Crippen molar-refractivity contribution in [2.75, 3.05) is 0 Å². The lowest BCUT2D eigenvalue weighted by Crippen LogP contribution is -2.69. The van der Waals surface area contributed by atoms with Crippen LogP contribution < -0.4 is 5.32 Å². The van der Waals surface area contributed by atoms with E-state index < -0.39 is 22.9 Å². The first-order valence-electron chi connectivity index (χ1n) is 12.3. The standard InChI is InChI=1S/C23H31N7O4S2/c1-5-6-7-10-15(31)34-12-28-19(25-26-27-28)18-23(3,4)36-22-17(21(33)30(18)22)29-13(2)24-16(20(29)32)14-9-8-11-35-14/h8-9,11,13,16-18,22,24H,5-7,10,12H2,1-4H3/t13?,16?,17?,18?,22-/m1/s1. The number of β-lactam (4-membered cyclic amide) rings is 1. The second-order valence-corrected chi connectivity index (χ2v) is 12.6. The molecule has 3 aliphatic rings. The Bertz CT molecular complexity index is 1140. The Balaban J connectivity index is 1.31. The van der Waals surface area contributed by atoms with E-state index in [0.29, 0.717) is 12.2 Å². The summed E-state index contributed by atoms with van der Waals surface area (Å²) >= 11 is 3.17. The highest BCUT2D eigenvalue weighted by atomic mass is 32.2. The van der Waals surface area contributed by atoms with Crippen LogP contribution in [0, 0.1) is 0 Å². The van der Waals surface area contributed by atoms with E-state index in [0.717, 1.165) is 24.1 Å². The van der Waals surface area contributed by atoms with Gasteiger partial charge in [-0.2, -0.15) is 4.68 Å². The summed E-state index contributed by atoms with van der Waals surface area (Å²) in [4.78, 5) is 43.4. The molecule has 2 aromatic heterocycles. The van der Waals surface area contributed by atoms with Crippen molar-refractivity contribution >= 4 is 40.9 Å². The molecule has 3 saturated heterocycles. The topological polar surface area (TPSA) is 123 Å². The van der Waals surface area contributed by atoms with Crippen LogP contribution >= 0.6 is 23.1 Å². The van der Waals surface area contributed by atoms with Crippen molar-refractivity contribution in [1.82, 2.24) is 35.3 Å². The summed E-state index contributed by atoms with van der Waals surface area (Å²) in [6.45, 7) is 7.98. The quantitative estimate of drug-likeness (QED) is 0.294. The molecule has 3 fully saturated rings.